The molecule has 0 radical (unpaired) electrons. The van der Waals surface area contributed by atoms with Crippen LogP contribution in [0.1, 0.15) is 57.8 Å². The number of piperidine rings is 1. The fourth-order valence-corrected chi connectivity index (χ4v) is 3.01. The quantitative estimate of drug-likeness (QED) is 0.851. The normalized spacial score (nSPS) is 17.6. The summed E-state index contributed by atoms with van der Waals surface area (Å²) in [7, 11) is 0. The third-order valence-electron chi connectivity index (χ3n) is 4.56. The van der Waals surface area contributed by atoms with Crippen molar-refractivity contribution in [2.24, 2.45) is 11.3 Å². The third kappa shape index (κ3) is 5.81. The first-order valence-electron chi connectivity index (χ1n) is 9.59. The highest BCUT2D eigenvalue weighted by atomic mass is 16.2. The van der Waals surface area contributed by atoms with E-state index in [1.54, 1.807) is 29.2 Å². The first kappa shape index (κ1) is 20.9. The van der Waals surface area contributed by atoms with E-state index in [4.69, 9.17) is 0 Å². The number of carbonyl (C=O) groups excluding carboxylic acids is 3. The number of hydrogen-bond donors (Lipinski definition) is 2. The van der Waals surface area contributed by atoms with Gasteiger partial charge in [0.25, 0.3) is 5.91 Å². The van der Waals surface area contributed by atoms with Crippen LogP contribution in [0.5, 0.6) is 0 Å². The van der Waals surface area contributed by atoms with Crippen LogP contribution in [0.25, 0.3) is 0 Å². The summed E-state index contributed by atoms with van der Waals surface area (Å²) in [5.74, 6) is -0.373. The minimum atomic E-state index is -0.510. The summed E-state index contributed by atoms with van der Waals surface area (Å²) in [4.78, 5) is 39.1. The molecule has 1 fully saturated rings. The van der Waals surface area contributed by atoms with Crippen molar-refractivity contribution in [2.45, 2.75) is 53.5 Å². The Bertz CT molecular complexity index is 707. The molecule has 1 aromatic carbocycles. The maximum atomic E-state index is 12.9. The molecule has 3 amide bonds. The van der Waals surface area contributed by atoms with Gasteiger partial charge >= 0.3 is 0 Å². The molecule has 1 aromatic rings. The van der Waals surface area contributed by atoms with Crippen molar-refractivity contribution in [3.05, 3.63) is 29.8 Å². The lowest BCUT2D eigenvalue weighted by molar-refractivity contribution is -0.127. The molecule has 6 nitrogen and oxygen atoms in total. The second-order valence-corrected chi connectivity index (χ2v) is 8.54. The fraction of sp³-hybridized carbons (Fsp3) is 0.571. The number of nitrogens with one attached hydrogen (secondary N) is 2. The Morgan fingerprint density at radius 1 is 1.19 bits per heavy atom. The minimum Gasteiger partial charge on any atom is -0.354 e. The van der Waals surface area contributed by atoms with Crippen molar-refractivity contribution in [1.29, 1.82) is 0 Å². The highest BCUT2D eigenvalue weighted by Gasteiger charge is 2.29. The Balaban J connectivity index is 2.07. The van der Waals surface area contributed by atoms with E-state index >= 15 is 0 Å². The molecule has 0 aliphatic carbocycles. The van der Waals surface area contributed by atoms with Gasteiger partial charge in [-0.15, -0.1) is 0 Å². The van der Waals surface area contributed by atoms with Gasteiger partial charge < -0.3 is 15.5 Å². The molecule has 0 saturated carbocycles. The average Bonchev–Trinajstić information content (AvgIpc) is 2.60. The standard InChI is InChI=1S/C21H31N3O3/c1-14(2)22-18(25)16-9-7-11-24(13-16)19(26)15-8-6-10-17(12-15)23-20(27)21(3,4)5/h6,8,10,12,14,16H,7,9,11,13H2,1-5H3,(H,22,25)(H,23,27). The molecule has 2 rings (SSSR count). The molecule has 1 saturated heterocycles. The predicted molar refractivity (Wildman–Crippen MR) is 106 cm³/mol. The number of hydrogen-bond acceptors (Lipinski definition) is 3. The van der Waals surface area contributed by atoms with E-state index in [9.17, 15) is 14.4 Å². The van der Waals surface area contributed by atoms with Crippen LogP contribution >= 0.6 is 0 Å². The number of rotatable bonds is 4. The topological polar surface area (TPSA) is 78.5 Å². The number of likely N-dealkylation sites (tertiary alicyclic amines) is 1. The van der Waals surface area contributed by atoms with E-state index in [1.165, 1.54) is 0 Å². The van der Waals surface area contributed by atoms with Gasteiger partial charge in [-0.3, -0.25) is 14.4 Å². The third-order valence-corrected chi connectivity index (χ3v) is 4.56. The molecule has 1 unspecified atom stereocenters. The van der Waals surface area contributed by atoms with Crippen LogP contribution in [0.2, 0.25) is 0 Å². The molecule has 6 heteroatoms. The summed E-state index contributed by atoms with van der Waals surface area (Å²) in [5, 5.41) is 5.79. The largest absolute Gasteiger partial charge is 0.354 e. The Hall–Kier alpha value is -2.37. The molecule has 1 aliphatic heterocycles. The molecule has 0 bridgehead atoms. The number of nitrogens with zero attached hydrogens (tertiary/aromatic N) is 1. The fourth-order valence-electron chi connectivity index (χ4n) is 3.01. The van der Waals surface area contributed by atoms with Crippen LogP contribution in [0.15, 0.2) is 24.3 Å². The van der Waals surface area contributed by atoms with Gasteiger partial charge in [-0.1, -0.05) is 26.8 Å². The van der Waals surface area contributed by atoms with E-state index in [0.29, 0.717) is 24.3 Å². The van der Waals surface area contributed by atoms with Gasteiger partial charge in [-0.2, -0.15) is 0 Å². The van der Waals surface area contributed by atoms with E-state index in [-0.39, 0.29) is 29.7 Å². The highest BCUT2D eigenvalue weighted by Crippen LogP contribution is 2.22. The van der Waals surface area contributed by atoms with Crippen LogP contribution in [-0.4, -0.2) is 41.8 Å². The van der Waals surface area contributed by atoms with Crippen molar-refractivity contribution in [1.82, 2.24) is 10.2 Å². The Labute approximate surface area is 161 Å². The number of anilines is 1. The van der Waals surface area contributed by atoms with Crippen LogP contribution in [0.3, 0.4) is 0 Å². The van der Waals surface area contributed by atoms with Gasteiger partial charge in [0, 0.05) is 35.8 Å². The zero-order valence-electron chi connectivity index (χ0n) is 17.0. The lowest BCUT2D eigenvalue weighted by atomic mass is 9.95. The Morgan fingerprint density at radius 2 is 1.89 bits per heavy atom. The second-order valence-electron chi connectivity index (χ2n) is 8.54. The van der Waals surface area contributed by atoms with Crippen LogP contribution in [0.4, 0.5) is 5.69 Å². The summed E-state index contributed by atoms with van der Waals surface area (Å²) in [6, 6.07) is 7.07. The summed E-state index contributed by atoms with van der Waals surface area (Å²) in [6.07, 6.45) is 1.60. The van der Waals surface area contributed by atoms with E-state index in [1.807, 2.05) is 34.6 Å². The van der Waals surface area contributed by atoms with Crippen molar-refractivity contribution in [3.63, 3.8) is 0 Å². The lowest BCUT2D eigenvalue weighted by Crippen LogP contribution is -2.46. The molecule has 0 aromatic heterocycles. The molecule has 148 valence electrons. The van der Waals surface area contributed by atoms with Crippen molar-refractivity contribution >= 4 is 23.4 Å². The number of amides is 3. The summed E-state index contributed by atoms with van der Waals surface area (Å²) in [5.41, 5.74) is 0.614. The molecule has 2 N–H and O–H groups in total. The van der Waals surface area contributed by atoms with Gasteiger partial charge in [0.1, 0.15) is 0 Å². The van der Waals surface area contributed by atoms with Gasteiger partial charge in [0.05, 0.1) is 5.92 Å². The molecular formula is C21H31N3O3. The van der Waals surface area contributed by atoms with Gasteiger partial charge in [0.15, 0.2) is 0 Å². The number of carbonyl (C=O) groups is 3. The smallest absolute Gasteiger partial charge is 0.253 e. The van der Waals surface area contributed by atoms with E-state index in [2.05, 4.69) is 10.6 Å². The van der Waals surface area contributed by atoms with Crippen LogP contribution in [-0.2, 0) is 9.59 Å². The first-order chi connectivity index (χ1) is 12.6. The molecular weight excluding hydrogens is 342 g/mol. The Morgan fingerprint density at radius 3 is 2.52 bits per heavy atom. The van der Waals surface area contributed by atoms with Crippen molar-refractivity contribution in [2.75, 3.05) is 18.4 Å². The second kappa shape index (κ2) is 8.55. The highest BCUT2D eigenvalue weighted by molar-refractivity contribution is 5.98. The van der Waals surface area contributed by atoms with Gasteiger partial charge in [-0.05, 0) is 44.9 Å². The Kier molecular flexibility index (Phi) is 6.63. The van der Waals surface area contributed by atoms with Gasteiger partial charge in [0.2, 0.25) is 11.8 Å². The number of benzene rings is 1. The maximum absolute atomic E-state index is 12.9. The monoisotopic (exact) mass is 373 g/mol. The zero-order valence-corrected chi connectivity index (χ0v) is 17.0. The summed E-state index contributed by atoms with van der Waals surface area (Å²) < 4.78 is 0. The van der Waals surface area contributed by atoms with Crippen molar-refractivity contribution in [3.8, 4) is 0 Å². The summed E-state index contributed by atoms with van der Waals surface area (Å²) in [6.45, 7) is 10.5. The maximum Gasteiger partial charge on any atom is 0.253 e. The lowest BCUT2D eigenvalue weighted by Gasteiger charge is -2.32. The van der Waals surface area contributed by atoms with E-state index < -0.39 is 5.41 Å². The van der Waals surface area contributed by atoms with Crippen LogP contribution < -0.4 is 10.6 Å². The first-order valence-corrected chi connectivity index (χ1v) is 9.59. The molecule has 1 aliphatic rings. The minimum absolute atomic E-state index is 0.00805. The van der Waals surface area contributed by atoms with E-state index in [0.717, 1.165) is 12.8 Å². The van der Waals surface area contributed by atoms with Gasteiger partial charge in [-0.25, -0.2) is 0 Å². The van der Waals surface area contributed by atoms with Crippen molar-refractivity contribution < 1.29 is 14.4 Å². The molecule has 1 atom stereocenters. The van der Waals surface area contributed by atoms with Crippen LogP contribution in [0, 0.1) is 11.3 Å². The summed E-state index contributed by atoms with van der Waals surface area (Å²) >= 11 is 0. The SMILES string of the molecule is CC(C)NC(=O)C1CCCN(C(=O)c2cccc(NC(=O)C(C)(C)C)c2)C1. The predicted octanol–water partition coefficient (Wildman–Crippen LogP) is 3.05. The molecule has 1 heterocycles. The molecule has 27 heavy (non-hydrogen) atoms. The average molecular weight is 373 g/mol. The zero-order chi connectivity index (χ0) is 20.2. The molecule has 0 spiro atoms.